The maximum absolute atomic E-state index is 13.5. The zero-order chi connectivity index (χ0) is 27.6. The van der Waals surface area contributed by atoms with Crippen molar-refractivity contribution in [1.82, 2.24) is 14.1 Å². The molecule has 11 nitrogen and oxygen atoms in total. The molecule has 2 aromatic carbocycles. The van der Waals surface area contributed by atoms with Gasteiger partial charge in [-0.2, -0.15) is 14.1 Å². The summed E-state index contributed by atoms with van der Waals surface area (Å²) < 4.78 is 34.9. The van der Waals surface area contributed by atoms with Gasteiger partial charge >= 0.3 is 5.56 Å². The summed E-state index contributed by atoms with van der Waals surface area (Å²) in [7, 11) is -3.71. The predicted octanol–water partition coefficient (Wildman–Crippen LogP) is 3.63. The fourth-order valence-electron chi connectivity index (χ4n) is 4.71. The fraction of sp³-hybridized carbons (Fsp3) is 0.385. The van der Waals surface area contributed by atoms with Crippen LogP contribution in [-0.2, 0) is 15.8 Å². The minimum absolute atomic E-state index is 0.151. The number of sulfonamides is 1. The highest BCUT2D eigenvalue weighted by atomic mass is 35.5. The molecule has 1 saturated carbocycles. The molecular weight excluding hydrogens is 546 g/mol. The average Bonchev–Trinajstić information content (AvgIpc) is 2.88. The number of non-ortho nitro benzene ring substituents is 1. The molecule has 2 heterocycles. The largest absolute Gasteiger partial charge is 0.486 e. The zero-order valence-corrected chi connectivity index (χ0v) is 22.7. The summed E-state index contributed by atoms with van der Waals surface area (Å²) in [6, 6.07) is 12.5. The van der Waals surface area contributed by atoms with Crippen molar-refractivity contribution < 1.29 is 18.1 Å². The maximum Gasteiger partial charge on any atom is 0.316 e. The van der Waals surface area contributed by atoms with Crippen molar-refractivity contribution in [1.29, 1.82) is 0 Å². The van der Waals surface area contributed by atoms with Crippen LogP contribution in [0.25, 0.3) is 5.69 Å². The van der Waals surface area contributed by atoms with E-state index in [-0.39, 0.29) is 30.3 Å². The van der Waals surface area contributed by atoms with Crippen molar-refractivity contribution in [3.63, 3.8) is 0 Å². The summed E-state index contributed by atoms with van der Waals surface area (Å²) in [5.74, 6) is 0.257. The molecular formula is C26H28ClN5O6S. The summed E-state index contributed by atoms with van der Waals surface area (Å²) in [6.45, 7) is 1.47. The van der Waals surface area contributed by atoms with E-state index in [9.17, 15) is 23.3 Å². The molecule has 39 heavy (non-hydrogen) atoms. The Bertz CT molecular complexity index is 1530. The monoisotopic (exact) mass is 573 g/mol. The van der Waals surface area contributed by atoms with Gasteiger partial charge in [0.2, 0.25) is 15.8 Å². The van der Waals surface area contributed by atoms with Gasteiger partial charge in [-0.15, -0.1) is 0 Å². The van der Waals surface area contributed by atoms with Gasteiger partial charge in [0.15, 0.2) is 0 Å². The number of nitro benzene ring substituents is 1. The van der Waals surface area contributed by atoms with Crippen LogP contribution >= 0.6 is 11.6 Å². The topological polar surface area (TPSA) is 128 Å². The molecule has 3 aromatic rings. The van der Waals surface area contributed by atoms with E-state index in [1.54, 1.807) is 36.5 Å². The van der Waals surface area contributed by atoms with Crippen LogP contribution in [0.2, 0.25) is 5.02 Å². The number of nitro groups is 1. The molecule has 2 fully saturated rings. The zero-order valence-electron chi connectivity index (χ0n) is 21.1. The number of hydrogen-bond donors (Lipinski definition) is 0. The number of hydrogen-bond acceptors (Lipinski definition) is 8. The lowest BCUT2D eigenvalue weighted by Crippen LogP contribution is -2.49. The van der Waals surface area contributed by atoms with Crippen LogP contribution in [0.15, 0.2) is 59.5 Å². The van der Waals surface area contributed by atoms with E-state index in [4.69, 9.17) is 16.3 Å². The van der Waals surface area contributed by atoms with Crippen LogP contribution in [0.4, 0.5) is 11.4 Å². The number of benzene rings is 2. The smallest absolute Gasteiger partial charge is 0.316 e. The second-order valence-corrected chi connectivity index (χ2v) is 12.1. The Kier molecular flexibility index (Phi) is 7.87. The Morgan fingerprint density at radius 1 is 1.08 bits per heavy atom. The third-order valence-electron chi connectivity index (χ3n) is 7.10. The van der Waals surface area contributed by atoms with Crippen LogP contribution < -0.4 is 15.2 Å². The Balaban J connectivity index is 1.34. The van der Waals surface area contributed by atoms with E-state index < -0.39 is 20.5 Å². The number of aromatic nitrogens is 2. The fourth-order valence-corrected chi connectivity index (χ4v) is 6.40. The normalized spacial score (nSPS) is 16.6. The second-order valence-electron chi connectivity index (χ2n) is 9.73. The van der Waals surface area contributed by atoms with Crippen LogP contribution in [0.1, 0.15) is 24.8 Å². The Hall–Kier alpha value is -3.48. The minimum atomic E-state index is -3.71. The van der Waals surface area contributed by atoms with E-state index in [1.165, 1.54) is 27.2 Å². The van der Waals surface area contributed by atoms with Crippen molar-refractivity contribution in [3.8, 4) is 11.4 Å². The van der Waals surface area contributed by atoms with E-state index in [0.717, 1.165) is 19.3 Å². The first-order valence-electron chi connectivity index (χ1n) is 12.7. The number of ether oxygens (including phenoxy) is 1. The van der Waals surface area contributed by atoms with Crippen molar-refractivity contribution >= 4 is 33.0 Å². The standard InChI is InChI=1S/C26H28ClN5O6S/c27-21-7-3-8-22(15-21)31-26(33)25(38-17-19-4-1-5-19)24(16-28-31)29-10-12-30(13-11-29)39(36,37)18-20-6-2-9-23(14-20)32(34)35/h2-3,6-9,14-16,19H,1,4-5,10-13,17-18H2. The number of piperazine rings is 1. The van der Waals surface area contributed by atoms with Gasteiger partial charge in [0.25, 0.3) is 5.69 Å². The van der Waals surface area contributed by atoms with E-state index in [2.05, 4.69) is 5.10 Å². The van der Waals surface area contributed by atoms with Gasteiger partial charge in [0.1, 0.15) is 5.69 Å². The highest BCUT2D eigenvalue weighted by Crippen LogP contribution is 2.31. The van der Waals surface area contributed by atoms with Crippen molar-refractivity contribution in [2.75, 3.05) is 37.7 Å². The first kappa shape index (κ1) is 27.1. The van der Waals surface area contributed by atoms with E-state index >= 15 is 0 Å². The van der Waals surface area contributed by atoms with Gasteiger partial charge in [-0.3, -0.25) is 14.9 Å². The Labute approximate surface area is 230 Å². The van der Waals surface area contributed by atoms with Crippen molar-refractivity contribution in [3.05, 3.63) is 85.8 Å². The van der Waals surface area contributed by atoms with Crippen molar-refractivity contribution in [2.45, 2.75) is 25.0 Å². The maximum atomic E-state index is 13.5. The van der Waals surface area contributed by atoms with Gasteiger partial charge in [-0.1, -0.05) is 36.2 Å². The molecule has 1 saturated heterocycles. The third kappa shape index (κ3) is 6.07. The van der Waals surface area contributed by atoms with Crippen LogP contribution in [0, 0.1) is 16.0 Å². The number of anilines is 1. The SMILES string of the molecule is O=c1c(OCC2CCC2)c(N2CCN(S(=O)(=O)Cc3cccc([N+](=O)[O-])c3)CC2)cnn1-c1cccc(Cl)c1. The summed E-state index contributed by atoms with van der Waals surface area (Å²) in [6.07, 6.45) is 4.84. The third-order valence-corrected chi connectivity index (χ3v) is 9.18. The van der Waals surface area contributed by atoms with Crippen LogP contribution in [-0.4, -0.2) is 60.2 Å². The van der Waals surface area contributed by atoms with Gasteiger partial charge in [0.05, 0.1) is 29.2 Å². The highest BCUT2D eigenvalue weighted by molar-refractivity contribution is 7.88. The lowest BCUT2D eigenvalue weighted by atomic mass is 9.86. The molecule has 1 aromatic heterocycles. The summed E-state index contributed by atoms with van der Waals surface area (Å²) in [4.78, 5) is 25.9. The number of halogens is 1. The predicted molar refractivity (Wildman–Crippen MR) is 147 cm³/mol. The van der Waals surface area contributed by atoms with Crippen LogP contribution in [0.3, 0.4) is 0 Å². The molecule has 1 aliphatic heterocycles. The molecule has 2 aliphatic rings. The lowest BCUT2D eigenvalue weighted by Gasteiger charge is -2.36. The highest BCUT2D eigenvalue weighted by Gasteiger charge is 2.30. The molecule has 0 amide bonds. The average molecular weight is 574 g/mol. The molecule has 0 bridgehead atoms. The van der Waals surface area contributed by atoms with Gasteiger partial charge in [0, 0.05) is 43.3 Å². The van der Waals surface area contributed by atoms with Gasteiger partial charge < -0.3 is 9.64 Å². The molecule has 0 unspecified atom stereocenters. The molecule has 206 valence electrons. The van der Waals surface area contributed by atoms with E-state index in [0.29, 0.717) is 47.6 Å². The molecule has 1 aliphatic carbocycles. The van der Waals surface area contributed by atoms with Gasteiger partial charge in [-0.05, 0) is 42.5 Å². The summed E-state index contributed by atoms with van der Waals surface area (Å²) >= 11 is 6.13. The molecule has 0 radical (unpaired) electrons. The molecule has 0 spiro atoms. The van der Waals surface area contributed by atoms with Crippen LogP contribution in [0.5, 0.6) is 5.75 Å². The quantitative estimate of drug-likeness (QED) is 0.280. The lowest BCUT2D eigenvalue weighted by molar-refractivity contribution is -0.384. The molecule has 13 heteroatoms. The minimum Gasteiger partial charge on any atom is -0.486 e. The van der Waals surface area contributed by atoms with E-state index in [1.807, 2.05) is 4.90 Å². The first-order chi connectivity index (χ1) is 18.7. The summed E-state index contributed by atoms with van der Waals surface area (Å²) in [5, 5.41) is 15.9. The molecule has 0 N–H and O–H groups in total. The Morgan fingerprint density at radius 3 is 2.49 bits per heavy atom. The summed E-state index contributed by atoms with van der Waals surface area (Å²) in [5.41, 5.74) is 0.835. The second kappa shape index (κ2) is 11.3. The van der Waals surface area contributed by atoms with Gasteiger partial charge in [-0.25, -0.2) is 8.42 Å². The Morgan fingerprint density at radius 2 is 1.82 bits per heavy atom. The van der Waals surface area contributed by atoms with Crippen molar-refractivity contribution in [2.24, 2.45) is 5.92 Å². The number of rotatable bonds is 9. The first-order valence-corrected chi connectivity index (χ1v) is 14.7. The molecule has 5 rings (SSSR count). The number of nitrogens with zero attached hydrogens (tertiary/aromatic N) is 5. The molecule has 0 atom stereocenters.